The second-order valence-corrected chi connectivity index (χ2v) is 2.86. The number of benzene rings is 1. The average Bonchev–Trinajstić information content (AvgIpc) is 2.03. The first-order valence-corrected chi connectivity index (χ1v) is 4.25. The Balaban J connectivity index is 3.06. The summed E-state index contributed by atoms with van der Waals surface area (Å²) in [7, 11) is 0. The molecule has 1 aromatic rings. The Kier molecular flexibility index (Phi) is 3.09. The van der Waals surface area contributed by atoms with Crippen LogP contribution in [-0.2, 0) is 0 Å². The van der Waals surface area contributed by atoms with Gasteiger partial charge in [0, 0.05) is 15.6 Å². The Morgan fingerprint density at radius 2 is 2.27 bits per heavy atom. The second-order valence-electron chi connectivity index (χ2n) is 1.97. The van der Waals surface area contributed by atoms with Crippen LogP contribution in [0.5, 0.6) is 0 Å². The molecule has 1 aromatic carbocycles. The summed E-state index contributed by atoms with van der Waals surface area (Å²) in [5.41, 5.74) is 0.481. The van der Waals surface area contributed by atoms with Gasteiger partial charge in [-0.15, -0.1) is 0 Å². The van der Waals surface area contributed by atoms with Crippen LogP contribution in [0, 0.1) is 0 Å². The van der Waals surface area contributed by atoms with Crippen molar-refractivity contribution in [1.82, 2.24) is 0 Å². The monoisotopic (exact) mass is 234 g/mol. The molecule has 0 aliphatic carbocycles. The molecule has 0 heterocycles. The summed E-state index contributed by atoms with van der Waals surface area (Å²) in [6.45, 7) is 0. The Hall–Kier alpha value is -0.340. The lowest BCUT2D eigenvalue weighted by atomic mass is 10.2. The summed E-state index contributed by atoms with van der Waals surface area (Å²) in [5.74, 6) is -0.326. The molecule has 0 aliphatic rings. The van der Waals surface area contributed by atoms with E-state index < -0.39 is 0 Å². The van der Waals surface area contributed by atoms with Gasteiger partial charge in [0.15, 0.2) is 0 Å². The zero-order valence-electron chi connectivity index (χ0n) is 5.52. The maximum absolute atomic E-state index is 12.8. The van der Waals surface area contributed by atoms with Crippen LogP contribution in [0.3, 0.4) is 0 Å². The average molecular weight is 235 g/mol. The van der Waals surface area contributed by atoms with Crippen LogP contribution in [0.25, 0.3) is 5.83 Å². The molecule has 0 saturated heterocycles. The predicted molar refractivity (Wildman–Crippen MR) is 49.5 cm³/mol. The van der Waals surface area contributed by atoms with E-state index in [4.69, 9.17) is 11.6 Å². The third-order valence-corrected chi connectivity index (χ3v) is 1.83. The fourth-order valence-electron chi connectivity index (χ4n) is 0.700. The Labute approximate surface area is 77.8 Å². The van der Waals surface area contributed by atoms with Gasteiger partial charge < -0.3 is 0 Å². The molecule has 0 bridgehead atoms. The van der Waals surface area contributed by atoms with E-state index in [0.29, 0.717) is 10.6 Å². The third kappa shape index (κ3) is 2.31. The maximum atomic E-state index is 12.8. The number of halogens is 3. The Morgan fingerprint density at radius 1 is 1.55 bits per heavy atom. The lowest BCUT2D eigenvalue weighted by molar-refractivity contribution is 0.762. The van der Waals surface area contributed by atoms with E-state index in [1.807, 2.05) is 0 Å². The van der Waals surface area contributed by atoms with Crippen molar-refractivity contribution in [2.24, 2.45) is 0 Å². The molecule has 0 fully saturated rings. The summed E-state index contributed by atoms with van der Waals surface area (Å²) in [6, 6.07) is 6.62. The minimum absolute atomic E-state index is 0.326. The molecule has 0 amide bonds. The molecule has 0 N–H and O–H groups in total. The van der Waals surface area contributed by atoms with Gasteiger partial charge in [-0.3, -0.25) is 0 Å². The van der Waals surface area contributed by atoms with E-state index >= 15 is 0 Å². The normalized spacial score (nSPS) is 11.7. The number of rotatable bonds is 1. The Bertz CT molecular complexity index is 283. The molecule has 3 heteroatoms. The lowest BCUT2D eigenvalue weighted by Crippen LogP contribution is -1.75. The molecule has 0 aliphatic heterocycles. The molecule has 11 heavy (non-hydrogen) atoms. The van der Waals surface area contributed by atoms with Crippen LogP contribution >= 0.6 is 27.5 Å². The van der Waals surface area contributed by atoms with Crippen molar-refractivity contribution in [1.29, 1.82) is 0 Å². The van der Waals surface area contributed by atoms with Crippen LogP contribution < -0.4 is 0 Å². The molecule has 0 radical (unpaired) electrons. The van der Waals surface area contributed by atoms with Crippen molar-refractivity contribution >= 4 is 33.4 Å². The van der Waals surface area contributed by atoms with Gasteiger partial charge in [-0.05, 0) is 12.1 Å². The summed E-state index contributed by atoms with van der Waals surface area (Å²) in [6.07, 6.45) is 0. The summed E-state index contributed by atoms with van der Waals surface area (Å²) in [4.78, 5) is 1.22. The maximum Gasteiger partial charge on any atom is 0.137 e. The highest BCUT2D eigenvalue weighted by Gasteiger charge is 1.98. The van der Waals surface area contributed by atoms with E-state index in [1.54, 1.807) is 24.3 Å². The van der Waals surface area contributed by atoms with Gasteiger partial charge in [-0.1, -0.05) is 39.7 Å². The van der Waals surface area contributed by atoms with Crippen molar-refractivity contribution in [2.75, 3.05) is 0 Å². The summed E-state index contributed by atoms with van der Waals surface area (Å²) < 4.78 is 12.8. The molecule has 0 aromatic heterocycles. The molecule has 0 saturated carbocycles. The van der Waals surface area contributed by atoms with Gasteiger partial charge in [0.2, 0.25) is 0 Å². The van der Waals surface area contributed by atoms with Crippen LogP contribution in [0.4, 0.5) is 4.39 Å². The van der Waals surface area contributed by atoms with Gasteiger partial charge >= 0.3 is 0 Å². The van der Waals surface area contributed by atoms with Crippen LogP contribution in [0.15, 0.2) is 29.3 Å². The summed E-state index contributed by atoms with van der Waals surface area (Å²) in [5, 5.41) is 0.534. The Morgan fingerprint density at radius 3 is 2.82 bits per heavy atom. The zero-order valence-corrected chi connectivity index (χ0v) is 7.86. The number of hydrogen-bond donors (Lipinski definition) is 0. The van der Waals surface area contributed by atoms with Gasteiger partial charge in [-0.2, -0.15) is 0 Å². The first-order chi connectivity index (χ1) is 5.24. The highest BCUT2D eigenvalue weighted by atomic mass is 79.9. The number of hydrogen-bond acceptors (Lipinski definition) is 0. The van der Waals surface area contributed by atoms with Crippen molar-refractivity contribution in [3.05, 3.63) is 39.8 Å². The molecule has 0 nitrogen and oxygen atoms in total. The highest BCUT2D eigenvalue weighted by molar-refractivity contribution is 9.11. The first-order valence-electron chi connectivity index (χ1n) is 2.96. The smallest absolute Gasteiger partial charge is 0.137 e. The fraction of sp³-hybridized carbons (Fsp3) is 0. The van der Waals surface area contributed by atoms with Crippen molar-refractivity contribution in [2.45, 2.75) is 0 Å². The fourth-order valence-corrected chi connectivity index (χ4v) is 1.15. The van der Waals surface area contributed by atoms with Crippen LogP contribution in [0.1, 0.15) is 5.56 Å². The topological polar surface area (TPSA) is 0 Å². The van der Waals surface area contributed by atoms with E-state index in [0.717, 1.165) is 0 Å². The molecule has 1 rings (SSSR count). The van der Waals surface area contributed by atoms with Gasteiger partial charge in [0.05, 0.1) is 0 Å². The minimum atomic E-state index is -0.326. The lowest BCUT2D eigenvalue weighted by Gasteiger charge is -1.95. The van der Waals surface area contributed by atoms with Gasteiger partial charge in [-0.25, -0.2) is 4.39 Å². The molecular formula is C8H5BrClF. The van der Waals surface area contributed by atoms with E-state index in [2.05, 4.69) is 15.9 Å². The minimum Gasteiger partial charge on any atom is -0.206 e. The van der Waals surface area contributed by atoms with Crippen LogP contribution in [-0.4, -0.2) is 0 Å². The highest BCUT2D eigenvalue weighted by Crippen LogP contribution is 2.20. The second kappa shape index (κ2) is 3.88. The van der Waals surface area contributed by atoms with E-state index in [-0.39, 0.29) is 5.83 Å². The first kappa shape index (κ1) is 8.75. The molecular weight excluding hydrogens is 230 g/mol. The largest absolute Gasteiger partial charge is 0.206 e. The van der Waals surface area contributed by atoms with Crippen molar-refractivity contribution in [3.63, 3.8) is 0 Å². The predicted octanol–water partition coefficient (Wildman–Crippen LogP) is 4.00. The van der Waals surface area contributed by atoms with Gasteiger partial charge in [0.1, 0.15) is 5.83 Å². The molecule has 0 spiro atoms. The quantitative estimate of drug-likeness (QED) is 0.690. The standard InChI is InChI=1S/C8H5BrClF/c9-5-8(11)6-2-1-3-7(10)4-6/h1-5H/b8-5-. The van der Waals surface area contributed by atoms with Gasteiger partial charge in [0.25, 0.3) is 0 Å². The zero-order chi connectivity index (χ0) is 8.27. The van der Waals surface area contributed by atoms with E-state index in [1.165, 1.54) is 4.99 Å². The molecule has 58 valence electrons. The van der Waals surface area contributed by atoms with E-state index in [9.17, 15) is 4.39 Å². The van der Waals surface area contributed by atoms with Crippen LogP contribution in [0.2, 0.25) is 5.02 Å². The van der Waals surface area contributed by atoms with Crippen molar-refractivity contribution in [3.8, 4) is 0 Å². The SMILES string of the molecule is F/C(=C\Br)c1cccc(Cl)c1. The van der Waals surface area contributed by atoms with Crippen molar-refractivity contribution < 1.29 is 4.39 Å². The molecule has 0 unspecified atom stereocenters. The third-order valence-electron chi connectivity index (χ3n) is 1.20. The summed E-state index contributed by atoms with van der Waals surface area (Å²) >= 11 is 8.53. The molecule has 0 atom stereocenters.